The standard InChI is InChI=1S/C15H11FN2/c16-14-6-5-11(10-7-8-18-15(17)9-10)12-3-1-2-4-13(12)14/h1-9H,(H2,17,18). The summed E-state index contributed by atoms with van der Waals surface area (Å²) in [7, 11) is 0. The molecule has 0 aliphatic carbocycles. The Kier molecular flexibility index (Phi) is 2.45. The fourth-order valence-corrected chi connectivity index (χ4v) is 2.13. The lowest BCUT2D eigenvalue weighted by molar-refractivity contribution is 0.640. The van der Waals surface area contributed by atoms with E-state index in [1.807, 2.05) is 24.3 Å². The highest BCUT2D eigenvalue weighted by molar-refractivity contribution is 5.97. The van der Waals surface area contributed by atoms with Crippen molar-refractivity contribution in [2.24, 2.45) is 0 Å². The number of anilines is 1. The molecular weight excluding hydrogens is 227 g/mol. The molecule has 0 saturated carbocycles. The molecule has 3 rings (SSSR count). The number of benzene rings is 2. The number of aromatic nitrogens is 1. The number of hydrogen-bond acceptors (Lipinski definition) is 2. The fourth-order valence-electron chi connectivity index (χ4n) is 2.13. The van der Waals surface area contributed by atoms with Gasteiger partial charge in [0.1, 0.15) is 11.6 Å². The Hall–Kier alpha value is -2.42. The van der Waals surface area contributed by atoms with Crippen molar-refractivity contribution in [2.45, 2.75) is 0 Å². The maximum Gasteiger partial charge on any atom is 0.131 e. The van der Waals surface area contributed by atoms with Crippen LogP contribution in [0.2, 0.25) is 0 Å². The molecule has 0 radical (unpaired) electrons. The third-order valence-corrected chi connectivity index (χ3v) is 2.96. The van der Waals surface area contributed by atoms with Crippen LogP contribution in [-0.2, 0) is 0 Å². The SMILES string of the molecule is Nc1cc(-c2ccc(F)c3ccccc23)ccn1. The summed E-state index contributed by atoms with van der Waals surface area (Å²) in [6.07, 6.45) is 1.66. The summed E-state index contributed by atoms with van der Waals surface area (Å²) in [6.45, 7) is 0. The molecule has 0 spiro atoms. The highest BCUT2D eigenvalue weighted by Crippen LogP contribution is 2.30. The predicted molar refractivity (Wildman–Crippen MR) is 71.5 cm³/mol. The summed E-state index contributed by atoms with van der Waals surface area (Å²) in [6, 6.07) is 14.3. The highest BCUT2D eigenvalue weighted by Gasteiger charge is 2.07. The molecule has 1 aromatic heterocycles. The Bertz CT molecular complexity index is 723. The van der Waals surface area contributed by atoms with Crippen LogP contribution in [0.1, 0.15) is 0 Å². The number of fused-ring (bicyclic) bond motifs is 1. The molecule has 18 heavy (non-hydrogen) atoms. The number of nitrogen functional groups attached to an aromatic ring is 1. The Morgan fingerprint density at radius 2 is 1.72 bits per heavy atom. The number of halogens is 1. The van der Waals surface area contributed by atoms with Crippen LogP contribution in [-0.4, -0.2) is 4.98 Å². The van der Waals surface area contributed by atoms with Crippen LogP contribution in [0, 0.1) is 5.82 Å². The van der Waals surface area contributed by atoms with Gasteiger partial charge in [-0.2, -0.15) is 0 Å². The Balaban J connectivity index is 2.33. The molecule has 0 atom stereocenters. The molecule has 0 bridgehead atoms. The van der Waals surface area contributed by atoms with Gasteiger partial charge in [0.15, 0.2) is 0 Å². The van der Waals surface area contributed by atoms with Gasteiger partial charge >= 0.3 is 0 Å². The number of rotatable bonds is 1. The van der Waals surface area contributed by atoms with Crippen LogP contribution in [0.25, 0.3) is 21.9 Å². The van der Waals surface area contributed by atoms with Crippen LogP contribution >= 0.6 is 0 Å². The molecule has 1 heterocycles. The quantitative estimate of drug-likeness (QED) is 0.703. The molecule has 0 aliphatic heterocycles. The number of nitrogens with zero attached hydrogens (tertiary/aromatic N) is 1. The fraction of sp³-hybridized carbons (Fsp3) is 0. The number of hydrogen-bond donors (Lipinski definition) is 1. The average Bonchev–Trinajstić information content (AvgIpc) is 2.39. The largest absolute Gasteiger partial charge is 0.384 e. The van der Waals surface area contributed by atoms with Crippen molar-refractivity contribution in [1.82, 2.24) is 4.98 Å². The smallest absolute Gasteiger partial charge is 0.131 e. The molecule has 2 N–H and O–H groups in total. The second-order valence-corrected chi connectivity index (χ2v) is 4.11. The third kappa shape index (κ3) is 1.70. The lowest BCUT2D eigenvalue weighted by atomic mass is 9.98. The van der Waals surface area contributed by atoms with E-state index in [4.69, 9.17) is 5.73 Å². The van der Waals surface area contributed by atoms with E-state index < -0.39 is 0 Å². The minimum absolute atomic E-state index is 0.212. The summed E-state index contributed by atoms with van der Waals surface area (Å²) in [5.41, 5.74) is 7.59. The molecule has 3 heteroatoms. The molecule has 0 unspecified atom stereocenters. The molecule has 2 aromatic carbocycles. The van der Waals surface area contributed by atoms with Crippen LogP contribution in [0.15, 0.2) is 54.7 Å². The van der Waals surface area contributed by atoms with Crippen molar-refractivity contribution in [2.75, 3.05) is 5.73 Å². The van der Waals surface area contributed by atoms with Gasteiger partial charge in [-0.25, -0.2) is 9.37 Å². The lowest BCUT2D eigenvalue weighted by Crippen LogP contribution is -1.90. The Morgan fingerprint density at radius 3 is 2.50 bits per heavy atom. The second kappa shape index (κ2) is 4.11. The first-order valence-corrected chi connectivity index (χ1v) is 5.65. The van der Waals surface area contributed by atoms with Crippen molar-refractivity contribution in [3.8, 4) is 11.1 Å². The molecule has 0 saturated heterocycles. The maximum absolute atomic E-state index is 13.7. The normalized spacial score (nSPS) is 10.7. The Morgan fingerprint density at radius 1 is 0.944 bits per heavy atom. The van der Waals surface area contributed by atoms with E-state index >= 15 is 0 Å². The van der Waals surface area contributed by atoms with Gasteiger partial charge in [-0.15, -0.1) is 0 Å². The van der Waals surface area contributed by atoms with Crippen LogP contribution < -0.4 is 5.73 Å². The van der Waals surface area contributed by atoms with E-state index in [1.54, 1.807) is 24.4 Å². The van der Waals surface area contributed by atoms with Crippen LogP contribution in [0.4, 0.5) is 10.2 Å². The van der Waals surface area contributed by atoms with Gasteiger partial charge in [-0.3, -0.25) is 0 Å². The zero-order valence-corrected chi connectivity index (χ0v) is 9.60. The third-order valence-electron chi connectivity index (χ3n) is 2.96. The van der Waals surface area contributed by atoms with E-state index in [-0.39, 0.29) is 5.82 Å². The van der Waals surface area contributed by atoms with Gasteiger partial charge in [0.05, 0.1) is 0 Å². The van der Waals surface area contributed by atoms with Gasteiger partial charge in [-0.05, 0) is 34.7 Å². The van der Waals surface area contributed by atoms with Gasteiger partial charge in [0.2, 0.25) is 0 Å². The lowest BCUT2D eigenvalue weighted by Gasteiger charge is -2.08. The van der Waals surface area contributed by atoms with E-state index in [0.29, 0.717) is 11.2 Å². The highest BCUT2D eigenvalue weighted by atomic mass is 19.1. The first kappa shape index (κ1) is 10.7. The average molecular weight is 238 g/mol. The Labute approximate surface area is 104 Å². The van der Waals surface area contributed by atoms with E-state index in [9.17, 15) is 4.39 Å². The monoisotopic (exact) mass is 238 g/mol. The zero-order chi connectivity index (χ0) is 12.5. The summed E-state index contributed by atoms with van der Waals surface area (Å²) < 4.78 is 13.7. The summed E-state index contributed by atoms with van der Waals surface area (Å²) in [4.78, 5) is 3.97. The minimum Gasteiger partial charge on any atom is -0.384 e. The van der Waals surface area contributed by atoms with Gasteiger partial charge in [0.25, 0.3) is 0 Å². The van der Waals surface area contributed by atoms with Gasteiger partial charge < -0.3 is 5.73 Å². The molecule has 0 amide bonds. The molecule has 0 aliphatic rings. The molecular formula is C15H11FN2. The topological polar surface area (TPSA) is 38.9 Å². The minimum atomic E-state index is -0.212. The number of nitrogens with two attached hydrogens (primary N) is 1. The van der Waals surface area contributed by atoms with E-state index in [0.717, 1.165) is 16.5 Å². The molecule has 88 valence electrons. The molecule has 3 aromatic rings. The van der Waals surface area contributed by atoms with Crippen LogP contribution in [0.3, 0.4) is 0 Å². The van der Waals surface area contributed by atoms with Gasteiger partial charge in [-0.1, -0.05) is 30.3 Å². The van der Waals surface area contributed by atoms with Crippen LogP contribution in [0.5, 0.6) is 0 Å². The second-order valence-electron chi connectivity index (χ2n) is 4.11. The summed E-state index contributed by atoms with van der Waals surface area (Å²) >= 11 is 0. The van der Waals surface area contributed by atoms with Crippen molar-refractivity contribution < 1.29 is 4.39 Å². The van der Waals surface area contributed by atoms with E-state index in [1.165, 1.54) is 6.07 Å². The first-order chi connectivity index (χ1) is 8.75. The summed E-state index contributed by atoms with van der Waals surface area (Å²) in [5, 5.41) is 1.49. The first-order valence-electron chi connectivity index (χ1n) is 5.65. The molecule has 0 fully saturated rings. The van der Waals surface area contributed by atoms with Crippen molar-refractivity contribution in [3.05, 3.63) is 60.5 Å². The number of pyridine rings is 1. The van der Waals surface area contributed by atoms with Crippen molar-refractivity contribution >= 4 is 16.6 Å². The van der Waals surface area contributed by atoms with Crippen molar-refractivity contribution in [1.29, 1.82) is 0 Å². The zero-order valence-electron chi connectivity index (χ0n) is 9.60. The predicted octanol–water partition coefficient (Wildman–Crippen LogP) is 3.62. The van der Waals surface area contributed by atoms with E-state index in [2.05, 4.69) is 4.98 Å². The molecule has 2 nitrogen and oxygen atoms in total. The summed E-state index contributed by atoms with van der Waals surface area (Å²) in [5.74, 6) is 0.247. The van der Waals surface area contributed by atoms with Crippen molar-refractivity contribution in [3.63, 3.8) is 0 Å². The van der Waals surface area contributed by atoms with Gasteiger partial charge in [0, 0.05) is 11.6 Å². The maximum atomic E-state index is 13.7.